The second-order valence-electron chi connectivity index (χ2n) is 6.45. The fourth-order valence-corrected chi connectivity index (χ4v) is 2.36. The van der Waals surface area contributed by atoms with E-state index in [1.165, 1.54) is 7.11 Å². The molecule has 2 aromatic carbocycles. The molecule has 0 aliphatic rings. The smallest absolute Gasteiger partial charge is 0.337 e. The molecule has 0 bridgehead atoms. The average Bonchev–Trinajstić information content (AvgIpc) is 2.65. The number of ketones is 1. The van der Waals surface area contributed by atoms with Crippen molar-refractivity contribution in [1.82, 2.24) is 0 Å². The molecular weight excluding hydrogens is 346 g/mol. The molecule has 142 valence electrons. The zero-order valence-electron chi connectivity index (χ0n) is 15.7. The lowest BCUT2D eigenvalue weighted by Crippen LogP contribution is -2.14. The average molecular weight is 369 g/mol. The first-order chi connectivity index (χ1) is 12.9. The van der Waals surface area contributed by atoms with Crippen LogP contribution in [0.25, 0.3) is 0 Å². The van der Waals surface area contributed by atoms with Gasteiger partial charge in [-0.25, -0.2) is 4.79 Å². The Balaban J connectivity index is 1.88. The minimum Gasteiger partial charge on any atom is -0.485 e. The van der Waals surface area contributed by atoms with Gasteiger partial charge in [-0.05, 0) is 54.4 Å². The van der Waals surface area contributed by atoms with Crippen molar-refractivity contribution in [3.05, 3.63) is 59.7 Å². The number of benzene rings is 2. The van der Waals surface area contributed by atoms with Crippen molar-refractivity contribution in [1.29, 1.82) is 0 Å². The molecule has 1 N–H and O–H groups in total. The third kappa shape index (κ3) is 6.26. The van der Waals surface area contributed by atoms with Crippen molar-refractivity contribution in [2.24, 2.45) is 5.92 Å². The van der Waals surface area contributed by atoms with Crippen molar-refractivity contribution >= 4 is 23.3 Å². The number of carbonyl (C=O) groups excluding carboxylic acids is 3. The van der Waals surface area contributed by atoms with Gasteiger partial charge in [-0.15, -0.1) is 0 Å². The first kappa shape index (κ1) is 20.2. The summed E-state index contributed by atoms with van der Waals surface area (Å²) < 4.78 is 10.1. The van der Waals surface area contributed by atoms with Gasteiger partial charge in [0.15, 0.2) is 12.4 Å². The van der Waals surface area contributed by atoms with Crippen LogP contribution >= 0.6 is 0 Å². The maximum absolute atomic E-state index is 12.2. The van der Waals surface area contributed by atoms with Gasteiger partial charge in [-0.2, -0.15) is 0 Å². The Morgan fingerprint density at radius 3 is 2.07 bits per heavy atom. The predicted molar refractivity (Wildman–Crippen MR) is 102 cm³/mol. The van der Waals surface area contributed by atoms with Crippen LogP contribution in [0.3, 0.4) is 0 Å². The molecule has 0 radical (unpaired) electrons. The van der Waals surface area contributed by atoms with Crippen molar-refractivity contribution in [3.63, 3.8) is 0 Å². The Morgan fingerprint density at radius 2 is 1.52 bits per heavy atom. The standard InChI is InChI=1S/C21H23NO5/c1-14(2)12-20(24)22-17-8-4-15(5-9-17)19(23)13-27-18-10-6-16(7-11-18)21(25)26-3/h4-11,14H,12-13H2,1-3H3,(H,22,24). The van der Waals surface area contributed by atoms with Gasteiger partial charge in [0, 0.05) is 17.7 Å². The van der Waals surface area contributed by atoms with Gasteiger partial charge < -0.3 is 14.8 Å². The molecule has 0 heterocycles. The second kappa shape index (κ2) is 9.52. The van der Waals surface area contributed by atoms with Gasteiger partial charge in [-0.3, -0.25) is 9.59 Å². The van der Waals surface area contributed by atoms with Gasteiger partial charge in [-0.1, -0.05) is 13.8 Å². The third-order valence-electron chi connectivity index (χ3n) is 3.73. The first-order valence-corrected chi connectivity index (χ1v) is 8.63. The van der Waals surface area contributed by atoms with Crippen LogP contribution in [0.1, 0.15) is 41.0 Å². The van der Waals surface area contributed by atoms with Crippen LogP contribution in [0, 0.1) is 5.92 Å². The molecule has 0 fully saturated rings. The Kier molecular flexibility index (Phi) is 7.11. The number of Topliss-reactive ketones (excluding diaryl/α,β-unsaturated/α-hetero) is 1. The number of carbonyl (C=O) groups is 3. The van der Waals surface area contributed by atoms with E-state index in [2.05, 4.69) is 10.1 Å². The van der Waals surface area contributed by atoms with Gasteiger partial charge in [0.2, 0.25) is 5.91 Å². The lowest BCUT2D eigenvalue weighted by molar-refractivity contribution is -0.116. The van der Waals surface area contributed by atoms with Gasteiger partial charge >= 0.3 is 5.97 Å². The molecule has 6 heteroatoms. The topological polar surface area (TPSA) is 81.7 Å². The summed E-state index contributed by atoms with van der Waals surface area (Å²) in [6.45, 7) is 3.82. The maximum atomic E-state index is 12.2. The summed E-state index contributed by atoms with van der Waals surface area (Å²) in [4.78, 5) is 35.4. The zero-order chi connectivity index (χ0) is 19.8. The minimum atomic E-state index is -0.432. The summed E-state index contributed by atoms with van der Waals surface area (Å²) in [7, 11) is 1.31. The normalized spacial score (nSPS) is 10.4. The molecule has 0 atom stereocenters. The quantitative estimate of drug-likeness (QED) is 0.566. The van der Waals surface area contributed by atoms with E-state index in [1.807, 2.05) is 13.8 Å². The Hall–Kier alpha value is -3.15. The number of hydrogen-bond donors (Lipinski definition) is 1. The molecule has 0 saturated carbocycles. The van der Waals surface area contributed by atoms with E-state index in [0.717, 1.165) is 0 Å². The summed E-state index contributed by atoms with van der Waals surface area (Å²) >= 11 is 0. The Labute approximate surface area is 158 Å². The number of ether oxygens (including phenoxy) is 2. The van der Waals surface area contributed by atoms with Crippen LogP contribution in [0.5, 0.6) is 5.75 Å². The van der Waals surface area contributed by atoms with Crippen LogP contribution in [0.4, 0.5) is 5.69 Å². The lowest BCUT2D eigenvalue weighted by atomic mass is 10.1. The molecule has 0 spiro atoms. The summed E-state index contributed by atoms with van der Waals surface area (Å²) in [5.74, 6) is 0.0892. The summed E-state index contributed by atoms with van der Waals surface area (Å²) in [6, 6.07) is 13.0. The molecule has 0 saturated heterocycles. The number of methoxy groups -OCH3 is 1. The monoisotopic (exact) mass is 369 g/mol. The molecule has 27 heavy (non-hydrogen) atoms. The molecule has 6 nitrogen and oxygen atoms in total. The Morgan fingerprint density at radius 1 is 0.926 bits per heavy atom. The van der Waals surface area contributed by atoms with Crippen molar-refractivity contribution < 1.29 is 23.9 Å². The molecule has 0 aliphatic carbocycles. The van der Waals surface area contributed by atoms with Crippen LogP contribution in [0.2, 0.25) is 0 Å². The fourth-order valence-electron chi connectivity index (χ4n) is 2.36. The highest BCUT2D eigenvalue weighted by atomic mass is 16.5. The summed E-state index contributed by atoms with van der Waals surface area (Å²) in [6.07, 6.45) is 0.448. The minimum absolute atomic E-state index is 0.0530. The van der Waals surface area contributed by atoms with Crippen molar-refractivity contribution in [2.45, 2.75) is 20.3 Å². The molecule has 2 aromatic rings. The maximum Gasteiger partial charge on any atom is 0.337 e. The molecular formula is C21H23NO5. The highest BCUT2D eigenvalue weighted by molar-refractivity contribution is 5.98. The fraction of sp³-hybridized carbons (Fsp3) is 0.286. The van der Waals surface area contributed by atoms with Crippen LogP contribution in [-0.2, 0) is 9.53 Å². The van der Waals surface area contributed by atoms with E-state index in [0.29, 0.717) is 29.0 Å². The molecule has 0 unspecified atom stereocenters. The molecule has 1 amide bonds. The highest BCUT2D eigenvalue weighted by Crippen LogP contribution is 2.15. The first-order valence-electron chi connectivity index (χ1n) is 8.63. The van der Waals surface area contributed by atoms with E-state index in [9.17, 15) is 14.4 Å². The van der Waals surface area contributed by atoms with Gasteiger partial charge in [0.1, 0.15) is 5.75 Å². The van der Waals surface area contributed by atoms with Crippen LogP contribution in [-0.4, -0.2) is 31.4 Å². The molecule has 0 aliphatic heterocycles. The van der Waals surface area contributed by atoms with Gasteiger partial charge in [0.05, 0.1) is 12.7 Å². The van der Waals surface area contributed by atoms with Crippen molar-refractivity contribution in [3.8, 4) is 5.75 Å². The number of hydrogen-bond acceptors (Lipinski definition) is 5. The van der Waals surface area contributed by atoms with E-state index in [1.54, 1.807) is 48.5 Å². The summed E-state index contributed by atoms with van der Waals surface area (Å²) in [5.41, 5.74) is 1.55. The third-order valence-corrected chi connectivity index (χ3v) is 3.73. The van der Waals surface area contributed by atoms with E-state index in [4.69, 9.17) is 4.74 Å². The number of rotatable bonds is 8. The molecule has 2 rings (SSSR count). The molecule has 0 aromatic heterocycles. The van der Waals surface area contributed by atoms with E-state index >= 15 is 0 Å². The number of anilines is 1. The van der Waals surface area contributed by atoms with Crippen molar-refractivity contribution in [2.75, 3.05) is 19.0 Å². The predicted octanol–water partition coefficient (Wildman–Crippen LogP) is 3.72. The van der Waals surface area contributed by atoms with Crippen LogP contribution in [0.15, 0.2) is 48.5 Å². The Bertz CT molecular complexity index is 794. The number of esters is 1. The van der Waals surface area contributed by atoms with E-state index < -0.39 is 5.97 Å². The van der Waals surface area contributed by atoms with E-state index in [-0.39, 0.29) is 24.2 Å². The number of nitrogens with one attached hydrogen (secondary N) is 1. The lowest BCUT2D eigenvalue weighted by Gasteiger charge is -2.09. The van der Waals surface area contributed by atoms with Gasteiger partial charge in [0.25, 0.3) is 0 Å². The summed E-state index contributed by atoms with van der Waals surface area (Å²) in [5, 5.41) is 2.80. The second-order valence-corrected chi connectivity index (χ2v) is 6.45. The SMILES string of the molecule is COC(=O)c1ccc(OCC(=O)c2ccc(NC(=O)CC(C)C)cc2)cc1. The number of amides is 1. The highest BCUT2D eigenvalue weighted by Gasteiger charge is 2.10. The largest absolute Gasteiger partial charge is 0.485 e. The van der Waals surface area contributed by atoms with Crippen LogP contribution < -0.4 is 10.1 Å². The zero-order valence-corrected chi connectivity index (χ0v) is 15.7.